The molecule has 2 aromatic rings. The van der Waals surface area contributed by atoms with Gasteiger partial charge in [-0.25, -0.2) is 0 Å². The molecule has 25 heavy (non-hydrogen) atoms. The van der Waals surface area contributed by atoms with E-state index in [2.05, 4.69) is 22.4 Å². The van der Waals surface area contributed by atoms with Gasteiger partial charge in [0, 0.05) is 18.2 Å². The fraction of sp³-hybridized carbons (Fsp3) is 0.350. The summed E-state index contributed by atoms with van der Waals surface area (Å²) in [6.45, 7) is 0.689. The zero-order valence-electron chi connectivity index (χ0n) is 14.8. The van der Waals surface area contributed by atoms with E-state index < -0.39 is 0 Å². The standard InChI is InChI=1S/C20H25N3O2/c1-24-17-8-6-16(7-9-17)23-20(21)22-13-15-5-3-4-14-12-18(25-2)10-11-19(14)15/h6-12,15H,3-5,13H2,1-2H3,(H3,21,22,23). The highest BCUT2D eigenvalue weighted by molar-refractivity contribution is 5.92. The molecular weight excluding hydrogens is 314 g/mol. The zero-order valence-corrected chi connectivity index (χ0v) is 14.8. The second kappa shape index (κ2) is 7.92. The number of anilines is 1. The molecule has 0 saturated heterocycles. The molecule has 1 atom stereocenters. The number of methoxy groups -OCH3 is 2. The fourth-order valence-electron chi connectivity index (χ4n) is 3.28. The zero-order chi connectivity index (χ0) is 17.6. The van der Waals surface area contributed by atoms with Crippen LogP contribution >= 0.6 is 0 Å². The van der Waals surface area contributed by atoms with Crippen LogP contribution in [0.5, 0.6) is 11.5 Å². The normalized spacial score (nSPS) is 16.9. The Hall–Kier alpha value is -2.69. The Morgan fingerprint density at radius 3 is 2.56 bits per heavy atom. The van der Waals surface area contributed by atoms with Crippen molar-refractivity contribution in [2.24, 2.45) is 10.7 Å². The Labute approximate surface area is 148 Å². The van der Waals surface area contributed by atoms with E-state index in [1.165, 1.54) is 17.5 Å². The predicted octanol–water partition coefficient (Wildman–Crippen LogP) is 3.55. The molecule has 1 aliphatic rings. The summed E-state index contributed by atoms with van der Waals surface area (Å²) in [7, 11) is 3.35. The topological polar surface area (TPSA) is 68.9 Å². The van der Waals surface area contributed by atoms with Gasteiger partial charge in [0.05, 0.1) is 14.2 Å². The highest BCUT2D eigenvalue weighted by Crippen LogP contribution is 2.33. The summed E-state index contributed by atoms with van der Waals surface area (Å²) >= 11 is 0. The quantitative estimate of drug-likeness (QED) is 0.646. The Morgan fingerprint density at radius 1 is 1.12 bits per heavy atom. The largest absolute Gasteiger partial charge is 0.497 e. The summed E-state index contributed by atoms with van der Waals surface area (Å²) < 4.78 is 10.5. The summed E-state index contributed by atoms with van der Waals surface area (Å²) in [5, 5.41) is 3.13. The van der Waals surface area contributed by atoms with Crippen LogP contribution in [0.25, 0.3) is 0 Å². The minimum atomic E-state index is 0.408. The number of fused-ring (bicyclic) bond motifs is 1. The maximum absolute atomic E-state index is 6.05. The number of aliphatic imine (C=N–C) groups is 1. The molecule has 3 rings (SSSR count). The lowest BCUT2D eigenvalue weighted by molar-refractivity contribution is 0.413. The molecule has 1 aliphatic carbocycles. The van der Waals surface area contributed by atoms with Gasteiger partial charge in [-0.1, -0.05) is 6.07 Å². The smallest absolute Gasteiger partial charge is 0.193 e. The second-order valence-electron chi connectivity index (χ2n) is 6.23. The first-order valence-electron chi connectivity index (χ1n) is 8.57. The first-order chi connectivity index (χ1) is 12.2. The van der Waals surface area contributed by atoms with E-state index in [1.807, 2.05) is 30.3 Å². The van der Waals surface area contributed by atoms with Crippen LogP contribution in [0, 0.1) is 0 Å². The Balaban J connectivity index is 1.65. The number of nitrogens with zero attached hydrogens (tertiary/aromatic N) is 1. The van der Waals surface area contributed by atoms with E-state index in [4.69, 9.17) is 15.2 Å². The van der Waals surface area contributed by atoms with Crippen molar-refractivity contribution in [1.29, 1.82) is 0 Å². The molecule has 0 radical (unpaired) electrons. The molecule has 5 nitrogen and oxygen atoms in total. The minimum absolute atomic E-state index is 0.408. The van der Waals surface area contributed by atoms with E-state index in [0.29, 0.717) is 18.4 Å². The number of guanidine groups is 1. The predicted molar refractivity (Wildman–Crippen MR) is 102 cm³/mol. The van der Waals surface area contributed by atoms with Gasteiger partial charge < -0.3 is 20.5 Å². The van der Waals surface area contributed by atoms with Gasteiger partial charge in [-0.2, -0.15) is 0 Å². The van der Waals surface area contributed by atoms with Crippen LogP contribution < -0.4 is 20.5 Å². The van der Waals surface area contributed by atoms with Crippen molar-refractivity contribution in [2.75, 3.05) is 26.1 Å². The summed E-state index contributed by atoms with van der Waals surface area (Å²) in [6.07, 6.45) is 3.41. The average molecular weight is 339 g/mol. The Bertz CT molecular complexity index is 741. The third-order valence-corrected chi connectivity index (χ3v) is 4.63. The summed E-state index contributed by atoms with van der Waals surface area (Å²) in [5.74, 6) is 2.58. The molecule has 5 heteroatoms. The molecule has 0 amide bonds. The summed E-state index contributed by atoms with van der Waals surface area (Å²) in [5.41, 5.74) is 9.68. The van der Waals surface area contributed by atoms with Crippen LogP contribution in [0.4, 0.5) is 5.69 Å². The number of nitrogens with one attached hydrogen (secondary N) is 1. The van der Waals surface area contributed by atoms with Gasteiger partial charge in [-0.3, -0.25) is 4.99 Å². The van der Waals surface area contributed by atoms with Gasteiger partial charge in [-0.15, -0.1) is 0 Å². The molecular formula is C20H25N3O2. The van der Waals surface area contributed by atoms with Crippen molar-refractivity contribution >= 4 is 11.6 Å². The molecule has 0 spiro atoms. The average Bonchev–Trinajstić information content (AvgIpc) is 2.66. The third-order valence-electron chi connectivity index (χ3n) is 4.63. The number of ether oxygens (including phenoxy) is 2. The lowest BCUT2D eigenvalue weighted by Gasteiger charge is -2.24. The van der Waals surface area contributed by atoms with E-state index in [-0.39, 0.29) is 0 Å². The van der Waals surface area contributed by atoms with Crippen molar-refractivity contribution in [2.45, 2.75) is 25.2 Å². The maximum atomic E-state index is 6.05. The van der Waals surface area contributed by atoms with Crippen LogP contribution in [-0.2, 0) is 6.42 Å². The number of hydrogen-bond acceptors (Lipinski definition) is 3. The molecule has 0 heterocycles. The van der Waals surface area contributed by atoms with Gasteiger partial charge in [0.1, 0.15) is 11.5 Å². The molecule has 0 bridgehead atoms. The SMILES string of the molecule is COc1ccc(NC(N)=NCC2CCCc3cc(OC)ccc32)cc1. The van der Waals surface area contributed by atoms with Crippen molar-refractivity contribution in [1.82, 2.24) is 0 Å². The summed E-state index contributed by atoms with van der Waals surface area (Å²) in [4.78, 5) is 4.55. The number of benzene rings is 2. The van der Waals surface area contributed by atoms with Crippen molar-refractivity contribution in [3.8, 4) is 11.5 Å². The molecule has 3 N–H and O–H groups in total. The van der Waals surface area contributed by atoms with Gasteiger partial charge >= 0.3 is 0 Å². The molecule has 132 valence electrons. The second-order valence-corrected chi connectivity index (χ2v) is 6.23. The monoisotopic (exact) mass is 339 g/mol. The third kappa shape index (κ3) is 4.24. The van der Waals surface area contributed by atoms with Gasteiger partial charge in [0.2, 0.25) is 0 Å². The molecule has 0 fully saturated rings. The minimum Gasteiger partial charge on any atom is -0.497 e. The first kappa shape index (κ1) is 17.1. The van der Waals surface area contributed by atoms with Crippen LogP contribution in [0.2, 0.25) is 0 Å². The molecule has 0 saturated carbocycles. The number of aryl methyl sites for hydroxylation is 1. The van der Waals surface area contributed by atoms with Crippen LogP contribution in [0.3, 0.4) is 0 Å². The lowest BCUT2D eigenvalue weighted by Crippen LogP contribution is -2.24. The van der Waals surface area contributed by atoms with Gasteiger partial charge in [0.25, 0.3) is 0 Å². The van der Waals surface area contributed by atoms with Gasteiger partial charge in [0.15, 0.2) is 5.96 Å². The number of nitrogens with two attached hydrogens (primary N) is 1. The van der Waals surface area contributed by atoms with Crippen molar-refractivity contribution in [3.63, 3.8) is 0 Å². The fourth-order valence-corrected chi connectivity index (χ4v) is 3.28. The molecule has 0 aliphatic heterocycles. The van der Waals surface area contributed by atoms with E-state index in [9.17, 15) is 0 Å². The highest BCUT2D eigenvalue weighted by Gasteiger charge is 2.20. The number of hydrogen-bond donors (Lipinski definition) is 2. The van der Waals surface area contributed by atoms with Crippen LogP contribution in [0.15, 0.2) is 47.5 Å². The van der Waals surface area contributed by atoms with Crippen LogP contribution in [-0.4, -0.2) is 26.7 Å². The van der Waals surface area contributed by atoms with Crippen LogP contribution in [0.1, 0.15) is 29.9 Å². The Morgan fingerprint density at radius 2 is 1.84 bits per heavy atom. The molecule has 0 aromatic heterocycles. The van der Waals surface area contributed by atoms with Crippen molar-refractivity contribution < 1.29 is 9.47 Å². The number of rotatable bonds is 5. The van der Waals surface area contributed by atoms with Crippen molar-refractivity contribution in [3.05, 3.63) is 53.6 Å². The van der Waals surface area contributed by atoms with E-state index in [0.717, 1.165) is 30.0 Å². The van der Waals surface area contributed by atoms with Gasteiger partial charge in [-0.05, 0) is 66.8 Å². The Kier molecular flexibility index (Phi) is 5.43. The maximum Gasteiger partial charge on any atom is 0.193 e. The lowest BCUT2D eigenvalue weighted by atomic mass is 9.83. The van der Waals surface area contributed by atoms with E-state index in [1.54, 1.807) is 14.2 Å². The molecule has 1 unspecified atom stereocenters. The van der Waals surface area contributed by atoms with E-state index >= 15 is 0 Å². The summed E-state index contributed by atoms with van der Waals surface area (Å²) in [6, 6.07) is 14.0. The first-order valence-corrected chi connectivity index (χ1v) is 8.57. The highest BCUT2D eigenvalue weighted by atomic mass is 16.5. The molecule has 2 aromatic carbocycles.